The Kier molecular flexibility index (Phi) is 9.13. The van der Waals surface area contributed by atoms with Gasteiger partial charge in [0.25, 0.3) is 0 Å². The Bertz CT molecular complexity index is 2040. The fourth-order valence-corrected chi connectivity index (χ4v) is 7.06. The van der Waals surface area contributed by atoms with Gasteiger partial charge in [-0.05, 0) is 77.8 Å². The van der Waals surface area contributed by atoms with Gasteiger partial charge in [0.1, 0.15) is 5.41 Å². The number of rotatable bonds is 5. The van der Waals surface area contributed by atoms with Crippen LogP contribution in [0.5, 0.6) is 0 Å². The van der Waals surface area contributed by atoms with Crippen LogP contribution in [0.1, 0.15) is 46.6 Å². The molecular weight excluding hydrogens is 770 g/mol. The maximum atomic E-state index is 5.31. The number of aryl methyl sites for hydroxylation is 1. The van der Waals surface area contributed by atoms with Gasteiger partial charge in [0.15, 0.2) is 0 Å². The van der Waals surface area contributed by atoms with Crippen LogP contribution >= 0.6 is 0 Å². The van der Waals surface area contributed by atoms with Crippen LogP contribution in [0.25, 0.3) is 27.8 Å². The van der Waals surface area contributed by atoms with Crippen molar-refractivity contribution in [2.24, 2.45) is 0 Å². The van der Waals surface area contributed by atoms with Gasteiger partial charge in [-0.25, -0.2) is 0 Å². The summed E-state index contributed by atoms with van der Waals surface area (Å²) in [4.78, 5) is 10.2. The SMILES string of the molecule is [Pt+2].c1ccc(C2(c3cccc(-c4[n-]nc5c4CCCC5)n3)c3ccccc3-c3ccccc32)nc1.c1ccc([N-]c2ccccc2)cc1. The molecule has 0 fully saturated rings. The molecule has 0 radical (unpaired) electrons. The van der Waals surface area contributed by atoms with E-state index in [2.05, 4.69) is 94.4 Å². The molecule has 48 heavy (non-hydrogen) atoms. The first kappa shape index (κ1) is 31.5. The van der Waals surface area contributed by atoms with Gasteiger partial charge in [-0.2, -0.15) is 0 Å². The minimum absolute atomic E-state index is 0. The molecule has 3 heterocycles. The van der Waals surface area contributed by atoms with Crippen molar-refractivity contribution in [1.29, 1.82) is 0 Å². The molecule has 2 aliphatic rings. The first-order valence-electron chi connectivity index (χ1n) is 16.2. The summed E-state index contributed by atoms with van der Waals surface area (Å²) in [6.45, 7) is 0. The third kappa shape index (κ3) is 5.69. The van der Waals surface area contributed by atoms with Crippen molar-refractivity contribution >= 4 is 11.4 Å². The molecule has 236 valence electrons. The molecule has 0 bridgehead atoms. The molecule has 0 N–H and O–H groups in total. The summed E-state index contributed by atoms with van der Waals surface area (Å²) in [5.41, 5.74) is 12.5. The fraction of sp³-hybridized carbons (Fsp3) is 0.119. The van der Waals surface area contributed by atoms with Gasteiger partial charge < -0.3 is 15.5 Å². The molecule has 3 aromatic heterocycles. The smallest absolute Gasteiger partial charge is 0.658 e. The molecule has 0 saturated carbocycles. The number of benzene rings is 4. The normalized spacial score (nSPS) is 13.5. The van der Waals surface area contributed by atoms with E-state index in [1.165, 1.54) is 40.7 Å². The molecule has 2 aliphatic carbocycles. The van der Waals surface area contributed by atoms with Crippen LogP contribution in [0.4, 0.5) is 11.4 Å². The van der Waals surface area contributed by atoms with E-state index in [-0.39, 0.29) is 21.1 Å². The van der Waals surface area contributed by atoms with Gasteiger partial charge >= 0.3 is 21.1 Å². The molecule has 0 spiro atoms. The van der Waals surface area contributed by atoms with Crippen molar-refractivity contribution < 1.29 is 21.1 Å². The standard InChI is InChI=1S/C30H23N4.C12H10N.Pt/c1-4-13-23-20(10-1)21-11-2-5-14-24(21)30(23,27-17-7-8-19-31-27)28-18-9-16-26(32-28)29-22-12-3-6-15-25(22)33-34-29;1-3-7-11(8-4-1)13-12-9-5-2-6-10-12;/h1-2,4-5,7-11,13-14,16-19H,3,6,12,15H2;1-10H;/q2*-1;+2. The molecule has 9 rings (SSSR count). The van der Waals surface area contributed by atoms with Crippen LogP contribution in [0.3, 0.4) is 0 Å². The van der Waals surface area contributed by atoms with Gasteiger partial charge in [0, 0.05) is 11.9 Å². The van der Waals surface area contributed by atoms with Gasteiger partial charge in [-0.15, -0.1) is 11.4 Å². The monoisotopic (exact) mass is 802 g/mol. The minimum atomic E-state index is -0.593. The maximum Gasteiger partial charge on any atom is 2.00 e. The Hall–Kier alpha value is -5.12. The van der Waals surface area contributed by atoms with Crippen molar-refractivity contribution in [3.63, 3.8) is 0 Å². The number of aromatic nitrogens is 4. The molecule has 0 saturated heterocycles. The second kappa shape index (κ2) is 13.9. The summed E-state index contributed by atoms with van der Waals surface area (Å²) >= 11 is 0. The third-order valence-electron chi connectivity index (χ3n) is 9.14. The van der Waals surface area contributed by atoms with E-state index in [0.717, 1.165) is 52.7 Å². The van der Waals surface area contributed by atoms with Crippen molar-refractivity contribution in [3.05, 3.63) is 191 Å². The summed E-state index contributed by atoms with van der Waals surface area (Å²) in [7, 11) is 0. The van der Waals surface area contributed by atoms with Gasteiger partial charge in [-0.3, -0.25) is 9.97 Å². The number of hydrogen-bond acceptors (Lipinski definition) is 3. The van der Waals surface area contributed by atoms with Crippen molar-refractivity contribution in [3.8, 4) is 22.5 Å². The zero-order valence-electron chi connectivity index (χ0n) is 26.3. The predicted octanol–water partition coefficient (Wildman–Crippen LogP) is 9.76. The van der Waals surface area contributed by atoms with Crippen molar-refractivity contribution in [1.82, 2.24) is 20.2 Å². The van der Waals surface area contributed by atoms with Gasteiger partial charge in [0.05, 0.1) is 17.1 Å². The zero-order chi connectivity index (χ0) is 31.5. The van der Waals surface area contributed by atoms with Crippen LogP contribution < -0.4 is 5.10 Å². The van der Waals surface area contributed by atoms with Gasteiger partial charge in [0.2, 0.25) is 0 Å². The van der Waals surface area contributed by atoms with E-state index >= 15 is 0 Å². The molecule has 6 heteroatoms. The second-order valence-electron chi connectivity index (χ2n) is 11.9. The largest absolute Gasteiger partial charge is 2.00 e. The summed E-state index contributed by atoms with van der Waals surface area (Å²) in [6, 6.07) is 49.7. The molecule has 5 nitrogen and oxygen atoms in total. The summed E-state index contributed by atoms with van der Waals surface area (Å²) in [6.07, 6.45) is 6.30. The molecule has 0 atom stereocenters. The third-order valence-corrected chi connectivity index (χ3v) is 9.14. The van der Waals surface area contributed by atoms with E-state index in [0.29, 0.717) is 0 Å². The first-order chi connectivity index (χ1) is 23.3. The molecule has 4 aromatic carbocycles. The van der Waals surface area contributed by atoms with E-state index in [9.17, 15) is 0 Å². The average molecular weight is 803 g/mol. The Morgan fingerprint density at radius 3 is 1.79 bits per heavy atom. The van der Waals surface area contributed by atoms with Gasteiger partial charge in [-0.1, -0.05) is 127 Å². The summed E-state index contributed by atoms with van der Waals surface area (Å²) in [5, 5.41) is 13.5. The topological polar surface area (TPSA) is 66.9 Å². The molecule has 0 amide bonds. The summed E-state index contributed by atoms with van der Waals surface area (Å²) in [5.74, 6) is 0. The second-order valence-corrected chi connectivity index (χ2v) is 11.9. The molecular formula is C42H33N5Pt. The van der Waals surface area contributed by atoms with Crippen LogP contribution in [-0.4, -0.2) is 15.1 Å². The van der Waals surface area contributed by atoms with E-state index in [1.807, 2.05) is 72.9 Å². The molecule has 0 aliphatic heterocycles. The number of hydrogen-bond donors (Lipinski definition) is 0. The number of para-hydroxylation sites is 2. The van der Waals surface area contributed by atoms with E-state index in [1.54, 1.807) is 0 Å². The average Bonchev–Trinajstić information content (AvgIpc) is 3.71. The quantitative estimate of drug-likeness (QED) is 0.174. The summed E-state index contributed by atoms with van der Waals surface area (Å²) < 4.78 is 0. The first-order valence-corrected chi connectivity index (χ1v) is 16.2. The number of pyridine rings is 2. The Morgan fingerprint density at radius 2 is 1.15 bits per heavy atom. The Morgan fingerprint density at radius 1 is 0.562 bits per heavy atom. The van der Waals surface area contributed by atoms with Crippen LogP contribution in [0, 0.1) is 0 Å². The number of fused-ring (bicyclic) bond motifs is 4. The van der Waals surface area contributed by atoms with Crippen LogP contribution in [0.2, 0.25) is 0 Å². The van der Waals surface area contributed by atoms with E-state index < -0.39 is 5.41 Å². The van der Waals surface area contributed by atoms with Crippen molar-refractivity contribution in [2.45, 2.75) is 31.1 Å². The van der Waals surface area contributed by atoms with Crippen LogP contribution in [0.15, 0.2) is 152 Å². The minimum Gasteiger partial charge on any atom is -0.658 e. The molecule has 0 unspecified atom stereocenters. The van der Waals surface area contributed by atoms with E-state index in [4.69, 9.17) is 9.97 Å². The van der Waals surface area contributed by atoms with Crippen LogP contribution in [-0.2, 0) is 39.3 Å². The number of nitrogens with zero attached hydrogens (tertiary/aromatic N) is 5. The van der Waals surface area contributed by atoms with Crippen molar-refractivity contribution in [2.75, 3.05) is 0 Å². The predicted molar refractivity (Wildman–Crippen MR) is 188 cm³/mol. The Balaban J connectivity index is 0.000000220. The zero-order valence-corrected chi connectivity index (χ0v) is 28.6. The fourth-order valence-electron chi connectivity index (χ4n) is 7.06. The molecule has 7 aromatic rings. The Labute approximate surface area is 295 Å². The maximum absolute atomic E-state index is 5.31.